The van der Waals surface area contributed by atoms with Gasteiger partial charge in [-0.2, -0.15) is 0 Å². The number of nitrogens with two attached hydrogens (primary N) is 1. The van der Waals surface area contributed by atoms with Gasteiger partial charge >= 0.3 is 5.97 Å². The lowest BCUT2D eigenvalue weighted by molar-refractivity contribution is -0.145. The molecular weight excluding hydrogens is 288 g/mol. The zero-order valence-corrected chi connectivity index (χ0v) is 13.2. The van der Waals surface area contributed by atoms with E-state index in [0.717, 1.165) is 37.3 Å². The molecule has 0 unspecified atom stereocenters. The molecule has 1 heterocycles. The number of hydrogen-bond donors (Lipinski definition) is 1. The Morgan fingerprint density at radius 3 is 2.78 bits per heavy atom. The van der Waals surface area contributed by atoms with Crippen molar-refractivity contribution in [1.82, 2.24) is 4.90 Å². The van der Waals surface area contributed by atoms with Crippen LogP contribution in [0.15, 0.2) is 48.5 Å². The summed E-state index contributed by atoms with van der Waals surface area (Å²) >= 11 is 0. The Balaban J connectivity index is 1.45. The Morgan fingerprint density at radius 1 is 1.13 bits per heavy atom. The van der Waals surface area contributed by atoms with Gasteiger partial charge in [0.25, 0.3) is 0 Å². The molecular formula is C19H22N2O2. The number of nitrogens with zero attached hydrogens (tertiary/aromatic N) is 1. The summed E-state index contributed by atoms with van der Waals surface area (Å²) in [7, 11) is 0. The van der Waals surface area contributed by atoms with Gasteiger partial charge in [-0.05, 0) is 35.2 Å². The fraction of sp³-hybridized carbons (Fsp3) is 0.316. The number of rotatable bonds is 5. The summed E-state index contributed by atoms with van der Waals surface area (Å²) in [6, 6.07) is 15.9. The summed E-state index contributed by atoms with van der Waals surface area (Å²) in [5, 5.41) is 0. The fourth-order valence-corrected chi connectivity index (χ4v) is 2.89. The topological polar surface area (TPSA) is 55.6 Å². The van der Waals surface area contributed by atoms with E-state index in [1.165, 1.54) is 11.1 Å². The Kier molecular flexibility index (Phi) is 4.93. The van der Waals surface area contributed by atoms with Gasteiger partial charge in [-0.3, -0.25) is 9.69 Å². The van der Waals surface area contributed by atoms with Crippen molar-refractivity contribution in [3.63, 3.8) is 0 Å². The molecule has 3 rings (SSSR count). The lowest BCUT2D eigenvalue weighted by Gasteiger charge is -2.28. The van der Waals surface area contributed by atoms with Crippen LogP contribution in [-0.4, -0.2) is 24.0 Å². The number of hydrogen-bond acceptors (Lipinski definition) is 4. The molecule has 1 aliphatic rings. The molecule has 0 aromatic heterocycles. The smallest absolute Gasteiger partial charge is 0.307 e. The Labute approximate surface area is 136 Å². The third kappa shape index (κ3) is 4.33. The number of fused-ring (bicyclic) bond motifs is 1. The second-order valence-corrected chi connectivity index (χ2v) is 5.95. The standard InChI is InChI=1S/C19H22N2O2/c20-18-7-6-16-8-10-21(13-17(16)12-18)11-9-19(22)23-14-15-4-2-1-3-5-15/h1-7,12H,8-11,13-14,20H2. The number of carbonyl (C=O) groups is 1. The lowest BCUT2D eigenvalue weighted by Crippen LogP contribution is -2.32. The minimum Gasteiger partial charge on any atom is -0.461 e. The van der Waals surface area contributed by atoms with Crippen LogP contribution in [-0.2, 0) is 29.1 Å². The third-order valence-corrected chi connectivity index (χ3v) is 4.20. The first-order chi connectivity index (χ1) is 11.2. The number of esters is 1. The minimum absolute atomic E-state index is 0.146. The van der Waals surface area contributed by atoms with Crippen molar-refractivity contribution >= 4 is 11.7 Å². The molecule has 120 valence electrons. The normalized spacial score (nSPS) is 14.3. The van der Waals surface area contributed by atoms with Gasteiger partial charge in [-0.1, -0.05) is 36.4 Å². The van der Waals surface area contributed by atoms with Crippen LogP contribution in [0.1, 0.15) is 23.1 Å². The summed E-state index contributed by atoms with van der Waals surface area (Å²) in [5.41, 5.74) is 10.3. The van der Waals surface area contributed by atoms with E-state index in [-0.39, 0.29) is 5.97 Å². The predicted octanol–water partition coefficient (Wildman–Crippen LogP) is 2.76. The van der Waals surface area contributed by atoms with Gasteiger partial charge in [-0.15, -0.1) is 0 Å². The number of nitrogen functional groups attached to an aromatic ring is 1. The van der Waals surface area contributed by atoms with E-state index in [2.05, 4.69) is 11.0 Å². The van der Waals surface area contributed by atoms with Crippen molar-refractivity contribution < 1.29 is 9.53 Å². The summed E-state index contributed by atoms with van der Waals surface area (Å²) in [4.78, 5) is 14.2. The fourth-order valence-electron chi connectivity index (χ4n) is 2.89. The molecule has 0 saturated heterocycles. The van der Waals surface area contributed by atoms with Gasteiger partial charge in [0.2, 0.25) is 0 Å². The highest BCUT2D eigenvalue weighted by atomic mass is 16.5. The summed E-state index contributed by atoms with van der Waals surface area (Å²) < 4.78 is 5.32. The van der Waals surface area contributed by atoms with Gasteiger partial charge in [0.05, 0.1) is 6.42 Å². The third-order valence-electron chi connectivity index (χ3n) is 4.20. The van der Waals surface area contributed by atoms with Crippen LogP contribution in [0.3, 0.4) is 0 Å². The monoisotopic (exact) mass is 310 g/mol. The molecule has 0 bridgehead atoms. The Hall–Kier alpha value is -2.33. The van der Waals surface area contributed by atoms with E-state index in [4.69, 9.17) is 10.5 Å². The molecule has 23 heavy (non-hydrogen) atoms. The number of anilines is 1. The molecule has 0 spiro atoms. The van der Waals surface area contributed by atoms with Crippen LogP contribution < -0.4 is 5.73 Å². The van der Waals surface area contributed by atoms with Crippen LogP contribution in [0.5, 0.6) is 0 Å². The summed E-state index contributed by atoms with van der Waals surface area (Å²) in [6.45, 7) is 2.90. The van der Waals surface area contributed by atoms with Crippen LogP contribution in [0.2, 0.25) is 0 Å². The lowest BCUT2D eigenvalue weighted by atomic mass is 9.99. The highest BCUT2D eigenvalue weighted by Gasteiger charge is 2.17. The van der Waals surface area contributed by atoms with E-state index in [1.54, 1.807) is 0 Å². The molecule has 4 nitrogen and oxygen atoms in total. The maximum atomic E-state index is 11.9. The van der Waals surface area contributed by atoms with Gasteiger partial charge in [0.15, 0.2) is 0 Å². The van der Waals surface area contributed by atoms with Gasteiger partial charge in [-0.25, -0.2) is 0 Å². The predicted molar refractivity (Wildman–Crippen MR) is 90.7 cm³/mol. The first-order valence-electron chi connectivity index (χ1n) is 8.00. The summed E-state index contributed by atoms with van der Waals surface area (Å²) in [6.07, 6.45) is 1.43. The number of carbonyl (C=O) groups excluding carboxylic acids is 1. The van der Waals surface area contributed by atoms with Crippen molar-refractivity contribution in [2.75, 3.05) is 18.8 Å². The molecule has 4 heteroatoms. The number of ether oxygens (including phenoxy) is 1. The molecule has 0 fully saturated rings. The second-order valence-electron chi connectivity index (χ2n) is 5.95. The van der Waals surface area contributed by atoms with Gasteiger partial charge < -0.3 is 10.5 Å². The van der Waals surface area contributed by atoms with Crippen LogP contribution in [0, 0.1) is 0 Å². The van der Waals surface area contributed by atoms with Crippen molar-refractivity contribution in [3.05, 3.63) is 65.2 Å². The molecule has 0 radical (unpaired) electrons. The molecule has 0 atom stereocenters. The zero-order valence-electron chi connectivity index (χ0n) is 13.2. The van der Waals surface area contributed by atoms with E-state index in [9.17, 15) is 4.79 Å². The highest BCUT2D eigenvalue weighted by Crippen LogP contribution is 2.21. The van der Waals surface area contributed by atoms with E-state index in [0.29, 0.717) is 13.0 Å². The van der Waals surface area contributed by atoms with Crippen LogP contribution in [0.4, 0.5) is 5.69 Å². The van der Waals surface area contributed by atoms with E-state index in [1.807, 2.05) is 42.5 Å². The largest absolute Gasteiger partial charge is 0.461 e. The molecule has 2 aromatic rings. The molecule has 1 aliphatic heterocycles. The second kappa shape index (κ2) is 7.29. The quantitative estimate of drug-likeness (QED) is 0.681. The SMILES string of the molecule is Nc1ccc2c(c1)CN(CCC(=O)OCc1ccccc1)CC2. The van der Waals surface area contributed by atoms with Crippen molar-refractivity contribution in [1.29, 1.82) is 0 Å². The van der Waals surface area contributed by atoms with Gasteiger partial charge in [0.1, 0.15) is 6.61 Å². The first-order valence-corrected chi connectivity index (χ1v) is 8.00. The van der Waals surface area contributed by atoms with Crippen LogP contribution in [0.25, 0.3) is 0 Å². The van der Waals surface area contributed by atoms with E-state index < -0.39 is 0 Å². The molecule has 2 aromatic carbocycles. The highest BCUT2D eigenvalue weighted by molar-refractivity contribution is 5.69. The van der Waals surface area contributed by atoms with Crippen LogP contribution >= 0.6 is 0 Å². The molecule has 0 aliphatic carbocycles. The average Bonchev–Trinajstić information content (AvgIpc) is 2.58. The van der Waals surface area contributed by atoms with Crippen molar-refractivity contribution in [2.24, 2.45) is 0 Å². The average molecular weight is 310 g/mol. The van der Waals surface area contributed by atoms with Gasteiger partial charge in [0, 0.05) is 25.3 Å². The number of benzene rings is 2. The first kappa shape index (κ1) is 15.6. The maximum Gasteiger partial charge on any atom is 0.307 e. The molecule has 0 saturated carbocycles. The molecule has 0 amide bonds. The Bertz CT molecular complexity index is 670. The molecule has 2 N–H and O–H groups in total. The van der Waals surface area contributed by atoms with Crippen molar-refractivity contribution in [2.45, 2.75) is 26.0 Å². The van der Waals surface area contributed by atoms with Crippen molar-refractivity contribution in [3.8, 4) is 0 Å². The summed E-state index contributed by atoms with van der Waals surface area (Å²) in [5.74, 6) is -0.146. The maximum absolute atomic E-state index is 11.9. The Morgan fingerprint density at radius 2 is 1.96 bits per heavy atom. The van der Waals surface area contributed by atoms with E-state index >= 15 is 0 Å². The zero-order chi connectivity index (χ0) is 16.1. The minimum atomic E-state index is -0.146.